The lowest BCUT2D eigenvalue weighted by atomic mass is 9.68. The fourth-order valence-electron chi connectivity index (χ4n) is 6.00. The lowest BCUT2D eigenvalue weighted by Gasteiger charge is -2.40. The smallest absolute Gasteiger partial charge is 0.407 e. The number of amides is 2. The van der Waals surface area contributed by atoms with Crippen molar-refractivity contribution in [2.75, 3.05) is 19.7 Å². The Kier molecular flexibility index (Phi) is 6.50. The van der Waals surface area contributed by atoms with Crippen molar-refractivity contribution in [1.29, 1.82) is 0 Å². The van der Waals surface area contributed by atoms with Crippen molar-refractivity contribution in [3.63, 3.8) is 0 Å². The van der Waals surface area contributed by atoms with E-state index in [0.29, 0.717) is 25.8 Å². The molecule has 0 aliphatic heterocycles. The number of hydrogen-bond donors (Lipinski definition) is 3. The number of carbonyl (C=O) groups excluding carboxylic acids is 2. The molecule has 3 N–H and O–H groups in total. The first kappa shape index (κ1) is 23.4. The molecule has 2 unspecified atom stereocenters. The Balaban J connectivity index is 1.14. The zero-order valence-corrected chi connectivity index (χ0v) is 19.8. The fourth-order valence-corrected chi connectivity index (χ4v) is 6.00. The summed E-state index contributed by atoms with van der Waals surface area (Å²) >= 11 is 0. The summed E-state index contributed by atoms with van der Waals surface area (Å²) in [6.07, 6.45) is 4.19. The van der Waals surface area contributed by atoms with E-state index in [1.165, 1.54) is 11.1 Å². The third-order valence-corrected chi connectivity index (χ3v) is 8.21. The van der Waals surface area contributed by atoms with Crippen molar-refractivity contribution in [3.8, 4) is 11.1 Å². The maximum absolute atomic E-state index is 13.0. The van der Waals surface area contributed by atoms with Crippen molar-refractivity contribution in [3.05, 3.63) is 59.7 Å². The van der Waals surface area contributed by atoms with Crippen LogP contribution in [0.15, 0.2) is 48.5 Å². The molecular weight excluding hydrogens is 444 g/mol. The van der Waals surface area contributed by atoms with Crippen LogP contribution in [0, 0.1) is 17.3 Å². The molecule has 0 heterocycles. The van der Waals surface area contributed by atoms with Crippen LogP contribution in [0.4, 0.5) is 4.79 Å². The molecule has 0 bridgehead atoms. The van der Waals surface area contributed by atoms with Gasteiger partial charge in [0.25, 0.3) is 0 Å². The van der Waals surface area contributed by atoms with Gasteiger partial charge < -0.3 is 20.5 Å². The summed E-state index contributed by atoms with van der Waals surface area (Å²) in [5, 5.41) is 15.2. The van der Waals surface area contributed by atoms with Crippen molar-refractivity contribution in [1.82, 2.24) is 10.6 Å². The average molecular weight is 477 g/mol. The number of fused-ring (bicyclic) bond motifs is 3. The minimum absolute atomic E-state index is 0.0114. The van der Waals surface area contributed by atoms with E-state index in [1.807, 2.05) is 24.3 Å². The summed E-state index contributed by atoms with van der Waals surface area (Å²) in [4.78, 5) is 37.0. The first-order valence-electron chi connectivity index (χ1n) is 12.6. The van der Waals surface area contributed by atoms with Crippen LogP contribution in [0.1, 0.15) is 55.6 Å². The Morgan fingerprint density at radius 1 is 0.914 bits per heavy atom. The predicted molar refractivity (Wildman–Crippen MR) is 131 cm³/mol. The summed E-state index contributed by atoms with van der Waals surface area (Å²) in [7, 11) is 0. The molecule has 2 amide bonds. The highest BCUT2D eigenvalue weighted by Gasteiger charge is 2.45. The van der Waals surface area contributed by atoms with E-state index in [2.05, 4.69) is 34.9 Å². The molecule has 2 aromatic rings. The number of alkyl carbamates (subject to hydrolysis) is 1. The van der Waals surface area contributed by atoms with Crippen LogP contribution in [0.3, 0.4) is 0 Å². The van der Waals surface area contributed by atoms with Gasteiger partial charge in [-0.25, -0.2) is 4.79 Å². The molecule has 2 aromatic carbocycles. The standard InChI is InChI=1S/C28H32N2O5/c31-25(32)19-12-5-7-18(19)15-29-26(33)28(13-6-14-28)17-30-27(34)35-16-24-22-10-3-1-8-20(22)21-9-2-4-11-23(21)24/h1-4,8-11,18-19,24H,5-7,12-17H2,(H,29,33)(H,30,34)(H,31,32). The molecule has 184 valence electrons. The van der Waals surface area contributed by atoms with Crippen LogP contribution in [0.2, 0.25) is 0 Å². The van der Waals surface area contributed by atoms with Gasteiger partial charge in [0.15, 0.2) is 0 Å². The molecule has 7 heteroatoms. The number of benzene rings is 2. The maximum atomic E-state index is 13.0. The first-order chi connectivity index (χ1) is 17.0. The molecule has 5 rings (SSSR count). The third-order valence-electron chi connectivity index (χ3n) is 8.21. The molecule has 0 aromatic heterocycles. The largest absolute Gasteiger partial charge is 0.481 e. The highest BCUT2D eigenvalue weighted by Crippen LogP contribution is 2.44. The second-order valence-corrected chi connectivity index (χ2v) is 10.2. The Labute approximate surface area is 205 Å². The second-order valence-electron chi connectivity index (χ2n) is 10.2. The topological polar surface area (TPSA) is 105 Å². The number of rotatable bonds is 8. The molecule has 35 heavy (non-hydrogen) atoms. The van der Waals surface area contributed by atoms with E-state index in [0.717, 1.165) is 30.4 Å². The number of nitrogens with one attached hydrogen (secondary N) is 2. The van der Waals surface area contributed by atoms with Gasteiger partial charge in [-0.1, -0.05) is 61.4 Å². The monoisotopic (exact) mass is 476 g/mol. The molecule has 0 radical (unpaired) electrons. The molecule has 3 aliphatic rings. The zero-order chi connectivity index (χ0) is 24.4. The van der Waals surface area contributed by atoms with Gasteiger partial charge in [0.05, 0.1) is 11.3 Å². The number of hydrogen-bond acceptors (Lipinski definition) is 4. The molecule has 3 aliphatic carbocycles. The van der Waals surface area contributed by atoms with Gasteiger partial charge in [0.2, 0.25) is 5.91 Å². The summed E-state index contributed by atoms with van der Waals surface area (Å²) < 4.78 is 5.62. The normalized spacial score (nSPS) is 21.9. The molecule has 2 fully saturated rings. The van der Waals surface area contributed by atoms with Crippen molar-refractivity contribution >= 4 is 18.0 Å². The van der Waals surface area contributed by atoms with E-state index >= 15 is 0 Å². The van der Waals surface area contributed by atoms with E-state index in [9.17, 15) is 19.5 Å². The number of ether oxygens (including phenoxy) is 1. The molecule has 0 spiro atoms. The molecular formula is C28H32N2O5. The van der Waals surface area contributed by atoms with Crippen LogP contribution in [-0.2, 0) is 14.3 Å². The van der Waals surface area contributed by atoms with E-state index in [1.54, 1.807) is 0 Å². The molecule has 2 saturated carbocycles. The number of carboxylic acid groups (broad SMARTS) is 1. The van der Waals surface area contributed by atoms with Gasteiger partial charge in [-0.3, -0.25) is 9.59 Å². The quantitative estimate of drug-likeness (QED) is 0.527. The highest BCUT2D eigenvalue weighted by atomic mass is 16.5. The fraction of sp³-hybridized carbons (Fsp3) is 0.464. The van der Waals surface area contributed by atoms with E-state index in [4.69, 9.17) is 4.74 Å². The average Bonchev–Trinajstić information content (AvgIpc) is 3.44. The molecule has 0 saturated heterocycles. The minimum Gasteiger partial charge on any atom is -0.481 e. The highest BCUT2D eigenvalue weighted by molar-refractivity contribution is 5.84. The van der Waals surface area contributed by atoms with Gasteiger partial charge in [-0.15, -0.1) is 0 Å². The SMILES string of the molecule is O=C(NCC1(C(=O)NCC2CCCC2C(=O)O)CCC1)OCC1c2ccccc2-c2ccccc21. The van der Waals surface area contributed by atoms with Crippen LogP contribution >= 0.6 is 0 Å². The lowest BCUT2D eigenvalue weighted by molar-refractivity contribution is -0.143. The number of carbonyl (C=O) groups is 3. The predicted octanol–water partition coefficient (Wildman–Crippen LogP) is 4.31. The Morgan fingerprint density at radius 2 is 1.57 bits per heavy atom. The third kappa shape index (κ3) is 4.51. The first-order valence-corrected chi connectivity index (χ1v) is 12.6. The Bertz CT molecular complexity index is 1080. The van der Waals surface area contributed by atoms with E-state index in [-0.39, 0.29) is 36.8 Å². The Hall–Kier alpha value is -3.35. The summed E-state index contributed by atoms with van der Waals surface area (Å²) in [5.74, 6) is -1.30. The Morgan fingerprint density at radius 3 is 2.17 bits per heavy atom. The maximum Gasteiger partial charge on any atom is 0.407 e. The van der Waals surface area contributed by atoms with Gasteiger partial charge in [-0.2, -0.15) is 0 Å². The van der Waals surface area contributed by atoms with Gasteiger partial charge >= 0.3 is 12.1 Å². The molecule has 2 atom stereocenters. The van der Waals surface area contributed by atoms with Gasteiger partial charge in [0, 0.05) is 19.0 Å². The summed E-state index contributed by atoms with van der Waals surface area (Å²) in [5.41, 5.74) is 4.03. The molecule has 7 nitrogen and oxygen atoms in total. The number of carboxylic acids is 1. The summed E-state index contributed by atoms with van der Waals surface area (Å²) in [6, 6.07) is 16.4. The van der Waals surface area contributed by atoms with Crippen molar-refractivity contribution in [2.24, 2.45) is 17.3 Å². The number of aliphatic carboxylic acids is 1. The van der Waals surface area contributed by atoms with Crippen LogP contribution in [-0.4, -0.2) is 42.8 Å². The van der Waals surface area contributed by atoms with Gasteiger partial charge in [-0.05, 0) is 53.9 Å². The zero-order valence-electron chi connectivity index (χ0n) is 19.8. The van der Waals surface area contributed by atoms with Crippen LogP contribution in [0.5, 0.6) is 0 Å². The summed E-state index contributed by atoms with van der Waals surface area (Å²) in [6.45, 7) is 0.836. The minimum atomic E-state index is -0.781. The van der Waals surface area contributed by atoms with Crippen LogP contribution < -0.4 is 10.6 Å². The second kappa shape index (κ2) is 9.72. The van der Waals surface area contributed by atoms with Crippen molar-refractivity contribution < 1.29 is 24.2 Å². The van der Waals surface area contributed by atoms with Crippen LogP contribution in [0.25, 0.3) is 11.1 Å². The van der Waals surface area contributed by atoms with Crippen molar-refractivity contribution in [2.45, 2.75) is 44.4 Å². The lowest BCUT2D eigenvalue weighted by Crippen LogP contribution is -2.53. The van der Waals surface area contributed by atoms with E-state index < -0.39 is 17.5 Å². The van der Waals surface area contributed by atoms with Gasteiger partial charge in [0.1, 0.15) is 6.61 Å².